The lowest BCUT2D eigenvalue weighted by atomic mass is 10.1. The summed E-state index contributed by atoms with van der Waals surface area (Å²) >= 11 is 0. The van der Waals surface area contributed by atoms with E-state index in [1.165, 1.54) is 29.9 Å². The van der Waals surface area contributed by atoms with Crippen molar-refractivity contribution in [3.8, 4) is 34.1 Å². The molecule has 236 valence electrons. The number of carbonyl (C=O) groups is 1. The Morgan fingerprint density at radius 3 is 2.52 bits per heavy atom. The highest BCUT2D eigenvalue weighted by molar-refractivity contribution is 6.06. The van der Waals surface area contributed by atoms with Crippen LogP contribution in [0.25, 0.3) is 22.0 Å². The zero-order chi connectivity index (χ0) is 32.0. The Kier molecular flexibility index (Phi) is 9.32. The molecular weight excluding hydrogens is 591 g/mol. The van der Waals surface area contributed by atoms with E-state index in [1.807, 2.05) is 0 Å². The summed E-state index contributed by atoms with van der Waals surface area (Å²) in [6, 6.07) is 18.0. The monoisotopic (exact) mass is 624 g/mol. The van der Waals surface area contributed by atoms with Gasteiger partial charge in [-0.05, 0) is 42.3 Å². The topological polar surface area (TPSA) is 105 Å². The summed E-state index contributed by atoms with van der Waals surface area (Å²) in [6.45, 7) is 4.80. The number of nitrogens with zero attached hydrogens (tertiary/aromatic N) is 4. The Morgan fingerprint density at radius 2 is 1.76 bits per heavy atom. The molecule has 0 saturated carbocycles. The number of ether oxygens (including phenoxy) is 4. The molecule has 6 rings (SSSR count). The molecule has 3 aromatic carbocycles. The second-order valence-corrected chi connectivity index (χ2v) is 10.8. The molecule has 46 heavy (non-hydrogen) atoms. The van der Waals surface area contributed by atoms with Crippen molar-refractivity contribution in [2.75, 3.05) is 46.6 Å². The number of methoxy groups -OCH3 is 1. The smallest absolute Gasteiger partial charge is 0.261 e. The van der Waals surface area contributed by atoms with Crippen molar-refractivity contribution in [2.24, 2.45) is 7.05 Å². The van der Waals surface area contributed by atoms with E-state index in [2.05, 4.69) is 14.9 Å². The summed E-state index contributed by atoms with van der Waals surface area (Å²) in [6.07, 6.45) is 3.70. The number of fused-ring (bicyclic) bond motifs is 1. The Hall–Kier alpha value is -5.13. The first-order chi connectivity index (χ1) is 22.4. The van der Waals surface area contributed by atoms with Gasteiger partial charge in [0.05, 0.1) is 32.5 Å². The number of morpholine rings is 1. The quantitative estimate of drug-likeness (QED) is 0.144. The fraction of sp³-hybridized carbons (Fsp3) is 0.257. The lowest BCUT2D eigenvalue weighted by Crippen LogP contribution is -2.37. The van der Waals surface area contributed by atoms with Crippen LogP contribution in [-0.4, -0.2) is 71.8 Å². The van der Waals surface area contributed by atoms with Crippen LogP contribution in [0.3, 0.4) is 0 Å². The van der Waals surface area contributed by atoms with Crippen molar-refractivity contribution in [3.63, 3.8) is 0 Å². The second-order valence-electron chi connectivity index (χ2n) is 10.8. The molecule has 0 N–H and O–H groups in total. The zero-order valence-corrected chi connectivity index (χ0v) is 25.6. The molecule has 5 aromatic rings. The van der Waals surface area contributed by atoms with Crippen molar-refractivity contribution in [1.29, 1.82) is 0 Å². The molecule has 10 nitrogen and oxygen atoms in total. The molecule has 3 heterocycles. The van der Waals surface area contributed by atoms with Gasteiger partial charge < -0.3 is 18.9 Å². The molecule has 0 atom stereocenters. The highest BCUT2D eigenvalue weighted by atomic mass is 19.1. The van der Waals surface area contributed by atoms with Gasteiger partial charge >= 0.3 is 0 Å². The molecule has 0 bridgehead atoms. The number of hydrogen-bond acceptors (Lipinski definition) is 9. The molecule has 11 heteroatoms. The summed E-state index contributed by atoms with van der Waals surface area (Å²) < 4.78 is 39.7. The molecule has 0 radical (unpaired) electrons. The van der Waals surface area contributed by atoms with Gasteiger partial charge in [-0.1, -0.05) is 36.4 Å². The van der Waals surface area contributed by atoms with Gasteiger partial charge in [-0.15, -0.1) is 0 Å². The first-order valence-electron chi connectivity index (χ1n) is 15.0. The molecule has 1 fully saturated rings. The van der Waals surface area contributed by atoms with Crippen LogP contribution in [-0.2, 0) is 11.8 Å². The van der Waals surface area contributed by atoms with Crippen molar-refractivity contribution >= 4 is 16.7 Å². The molecule has 0 aliphatic carbocycles. The lowest BCUT2D eigenvalue weighted by molar-refractivity contribution is 0.0357. The van der Waals surface area contributed by atoms with Crippen LogP contribution in [0.15, 0.2) is 83.9 Å². The van der Waals surface area contributed by atoms with Crippen LogP contribution in [0.1, 0.15) is 22.6 Å². The van der Waals surface area contributed by atoms with E-state index in [0.717, 1.165) is 39.3 Å². The maximum absolute atomic E-state index is 15.4. The van der Waals surface area contributed by atoms with Gasteiger partial charge in [-0.25, -0.2) is 9.37 Å². The van der Waals surface area contributed by atoms with Gasteiger partial charge in [0.15, 0.2) is 28.9 Å². The third-order valence-electron chi connectivity index (χ3n) is 7.84. The molecule has 1 saturated heterocycles. The summed E-state index contributed by atoms with van der Waals surface area (Å²) in [4.78, 5) is 37.1. The summed E-state index contributed by atoms with van der Waals surface area (Å²) in [5, 5.41) is 0.611. The van der Waals surface area contributed by atoms with E-state index in [-0.39, 0.29) is 22.9 Å². The number of aromatic nitrogens is 3. The van der Waals surface area contributed by atoms with Crippen LogP contribution < -0.4 is 19.8 Å². The highest BCUT2D eigenvalue weighted by Gasteiger charge is 2.19. The van der Waals surface area contributed by atoms with E-state index in [1.54, 1.807) is 67.9 Å². The SMILES string of the molecule is COc1c(OCCCN2CCOCC2)ccc2c(Oc3ccc(-c4cnc(C(=O)c5ccccc5)n(C)c4=O)cc3F)ccnc12. The Labute approximate surface area is 264 Å². The van der Waals surface area contributed by atoms with Gasteiger partial charge in [0.25, 0.3) is 5.56 Å². The number of ketones is 1. The van der Waals surface area contributed by atoms with E-state index < -0.39 is 11.4 Å². The fourth-order valence-electron chi connectivity index (χ4n) is 5.39. The first kappa shape index (κ1) is 30.9. The van der Waals surface area contributed by atoms with Crippen LogP contribution >= 0.6 is 0 Å². The first-order valence-corrected chi connectivity index (χ1v) is 15.0. The Balaban J connectivity index is 1.19. The minimum Gasteiger partial charge on any atom is -0.491 e. The average Bonchev–Trinajstić information content (AvgIpc) is 3.09. The van der Waals surface area contributed by atoms with Crippen LogP contribution in [0, 0.1) is 5.82 Å². The molecular formula is C35H33FN4O6. The normalized spacial score (nSPS) is 13.5. The predicted molar refractivity (Wildman–Crippen MR) is 170 cm³/mol. The number of pyridine rings is 1. The summed E-state index contributed by atoms with van der Waals surface area (Å²) in [7, 11) is 3.01. The maximum Gasteiger partial charge on any atom is 0.261 e. The molecule has 0 spiro atoms. The Bertz CT molecular complexity index is 1920. The minimum absolute atomic E-state index is 0.0121. The van der Waals surface area contributed by atoms with E-state index in [4.69, 9.17) is 18.9 Å². The Morgan fingerprint density at radius 1 is 0.978 bits per heavy atom. The van der Waals surface area contributed by atoms with Crippen molar-refractivity contribution in [2.45, 2.75) is 6.42 Å². The lowest BCUT2D eigenvalue weighted by Gasteiger charge is -2.26. The van der Waals surface area contributed by atoms with E-state index in [0.29, 0.717) is 45.9 Å². The van der Waals surface area contributed by atoms with Gasteiger partial charge in [0.1, 0.15) is 11.3 Å². The number of halogens is 1. The van der Waals surface area contributed by atoms with Crippen LogP contribution in [0.2, 0.25) is 0 Å². The van der Waals surface area contributed by atoms with Crippen molar-refractivity contribution in [3.05, 3.63) is 107 Å². The largest absolute Gasteiger partial charge is 0.491 e. The van der Waals surface area contributed by atoms with Crippen LogP contribution in [0.4, 0.5) is 4.39 Å². The van der Waals surface area contributed by atoms with Gasteiger partial charge in [0, 0.05) is 50.0 Å². The second kappa shape index (κ2) is 13.9. The highest BCUT2D eigenvalue weighted by Crippen LogP contribution is 2.39. The summed E-state index contributed by atoms with van der Waals surface area (Å²) in [5.74, 6) is 0.273. The van der Waals surface area contributed by atoms with Crippen molar-refractivity contribution in [1.82, 2.24) is 19.4 Å². The average molecular weight is 625 g/mol. The van der Waals surface area contributed by atoms with Gasteiger partial charge in [-0.3, -0.25) is 24.0 Å². The molecule has 0 amide bonds. The molecule has 2 aromatic heterocycles. The third-order valence-corrected chi connectivity index (χ3v) is 7.84. The summed E-state index contributed by atoms with van der Waals surface area (Å²) in [5.41, 5.74) is 0.897. The van der Waals surface area contributed by atoms with Crippen LogP contribution in [0.5, 0.6) is 23.0 Å². The van der Waals surface area contributed by atoms with Gasteiger partial charge in [-0.2, -0.15) is 0 Å². The molecule has 1 aliphatic rings. The fourth-order valence-corrected chi connectivity index (χ4v) is 5.39. The zero-order valence-electron chi connectivity index (χ0n) is 25.6. The van der Waals surface area contributed by atoms with E-state index in [9.17, 15) is 9.59 Å². The number of carbonyl (C=O) groups excluding carboxylic acids is 1. The maximum atomic E-state index is 15.4. The predicted octanol–water partition coefficient (Wildman–Crippen LogP) is 5.27. The third kappa shape index (κ3) is 6.46. The standard InChI is InChI=1S/C35H33FN4O6/c1-39-34(32(41)23-7-4-3-5-8-23)38-22-26(35(39)42)24-9-11-29(27(36)21-24)46-28-13-14-37-31-25(28)10-12-30(33(31)43-2)45-18-6-15-40-16-19-44-20-17-40/h3-5,7-14,21-22H,6,15-20H2,1-2H3. The number of hydrogen-bond donors (Lipinski definition) is 0. The van der Waals surface area contributed by atoms with Crippen molar-refractivity contribution < 1.29 is 28.1 Å². The van der Waals surface area contributed by atoms with Gasteiger partial charge in [0.2, 0.25) is 5.78 Å². The number of rotatable bonds is 11. The molecule has 0 unspecified atom stereocenters. The molecule has 1 aliphatic heterocycles. The minimum atomic E-state index is -0.679. The van der Waals surface area contributed by atoms with E-state index >= 15 is 4.39 Å². The number of benzene rings is 3.